The molecule has 0 unspecified atom stereocenters. The zero-order valence-corrected chi connectivity index (χ0v) is 12.1. The molecule has 0 aliphatic rings. The van der Waals surface area contributed by atoms with Gasteiger partial charge in [-0.25, -0.2) is 0 Å². The molecule has 3 N–H and O–H groups in total. The molecule has 0 atom stereocenters. The molecule has 0 spiro atoms. The first-order valence-electron chi connectivity index (χ1n) is 5.72. The second-order valence-electron chi connectivity index (χ2n) is 4.01. The Morgan fingerprint density at radius 3 is 2.45 bits per heavy atom. The summed E-state index contributed by atoms with van der Waals surface area (Å²) >= 11 is 12.0. The lowest BCUT2D eigenvalue weighted by molar-refractivity contribution is 0.102. The van der Waals surface area contributed by atoms with Crippen LogP contribution in [-0.4, -0.2) is 13.0 Å². The summed E-state index contributed by atoms with van der Waals surface area (Å²) in [7, 11) is 1.49. The van der Waals surface area contributed by atoms with Crippen molar-refractivity contribution in [1.82, 2.24) is 0 Å². The van der Waals surface area contributed by atoms with E-state index in [4.69, 9.17) is 33.7 Å². The van der Waals surface area contributed by atoms with Crippen LogP contribution in [0.25, 0.3) is 0 Å². The Kier molecular flexibility index (Phi) is 4.37. The number of rotatable bonds is 3. The van der Waals surface area contributed by atoms with Gasteiger partial charge in [0.1, 0.15) is 5.75 Å². The number of nitrogen functional groups attached to an aromatic ring is 1. The Labute approximate surface area is 126 Å². The second-order valence-corrected chi connectivity index (χ2v) is 4.82. The first-order chi connectivity index (χ1) is 9.52. The van der Waals surface area contributed by atoms with E-state index in [2.05, 4.69) is 5.32 Å². The Morgan fingerprint density at radius 1 is 1.20 bits per heavy atom. The minimum absolute atomic E-state index is 0.217. The van der Waals surface area contributed by atoms with E-state index in [0.717, 1.165) is 0 Å². The predicted molar refractivity (Wildman–Crippen MR) is 81.8 cm³/mol. The molecule has 2 aromatic rings. The van der Waals surface area contributed by atoms with Gasteiger partial charge in [-0.3, -0.25) is 4.79 Å². The normalized spacial score (nSPS) is 10.2. The maximum atomic E-state index is 12.2. The van der Waals surface area contributed by atoms with E-state index in [1.807, 2.05) is 0 Å². The fourth-order valence-corrected chi connectivity index (χ4v) is 2.28. The fourth-order valence-electron chi connectivity index (χ4n) is 1.71. The number of anilines is 2. The number of carbonyl (C=O) groups is 1. The van der Waals surface area contributed by atoms with E-state index in [-0.39, 0.29) is 15.6 Å². The van der Waals surface area contributed by atoms with E-state index in [1.165, 1.54) is 7.11 Å². The van der Waals surface area contributed by atoms with Crippen LogP contribution in [-0.2, 0) is 0 Å². The lowest BCUT2D eigenvalue weighted by atomic mass is 10.2. The average molecular weight is 311 g/mol. The van der Waals surface area contributed by atoms with Crippen LogP contribution in [0.4, 0.5) is 11.4 Å². The highest BCUT2D eigenvalue weighted by Crippen LogP contribution is 2.29. The highest BCUT2D eigenvalue weighted by atomic mass is 35.5. The van der Waals surface area contributed by atoms with Gasteiger partial charge in [0.2, 0.25) is 0 Å². The topological polar surface area (TPSA) is 64.3 Å². The van der Waals surface area contributed by atoms with Crippen LogP contribution in [0.3, 0.4) is 0 Å². The molecule has 1 amide bonds. The summed E-state index contributed by atoms with van der Waals surface area (Å²) < 4.78 is 5.16. The summed E-state index contributed by atoms with van der Waals surface area (Å²) in [5, 5.41) is 3.26. The number of carbonyl (C=O) groups excluding carboxylic acids is 1. The van der Waals surface area contributed by atoms with E-state index in [9.17, 15) is 4.79 Å². The third kappa shape index (κ3) is 2.98. The highest BCUT2D eigenvalue weighted by Gasteiger charge is 2.16. The summed E-state index contributed by atoms with van der Waals surface area (Å²) in [5.41, 5.74) is 6.90. The largest absolute Gasteiger partial charge is 0.494 e. The lowest BCUT2D eigenvalue weighted by Gasteiger charge is -2.12. The van der Waals surface area contributed by atoms with Gasteiger partial charge in [-0.2, -0.15) is 0 Å². The summed E-state index contributed by atoms with van der Waals surface area (Å²) in [5.74, 6) is 0.0465. The number of hydrogen-bond donors (Lipinski definition) is 2. The number of amides is 1. The quantitative estimate of drug-likeness (QED) is 0.847. The molecule has 6 heteroatoms. The Balaban J connectivity index is 2.33. The van der Waals surface area contributed by atoms with E-state index in [0.29, 0.717) is 17.1 Å². The SMILES string of the molecule is COc1cc(N)ccc1NC(=O)c1c(Cl)cccc1Cl. The minimum Gasteiger partial charge on any atom is -0.494 e. The van der Waals surface area contributed by atoms with Crippen molar-refractivity contribution >= 4 is 40.5 Å². The monoisotopic (exact) mass is 310 g/mol. The third-order valence-corrected chi connectivity index (χ3v) is 3.29. The lowest BCUT2D eigenvalue weighted by Crippen LogP contribution is -2.14. The summed E-state index contributed by atoms with van der Waals surface area (Å²) in [4.78, 5) is 12.2. The molecule has 20 heavy (non-hydrogen) atoms. The molecule has 2 rings (SSSR count). The summed E-state index contributed by atoms with van der Waals surface area (Å²) in [6, 6.07) is 9.79. The summed E-state index contributed by atoms with van der Waals surface area (Å²) in [6.07, 6.45) is 0. The molecule has 0 bridgehead atoms. The molecular formula is C14H12Cl2N2O2. The second kappa shape index (κ2) is 6.03. The maximum Gasteiger partial charge on any atom is 0.258 e. The molecule has 2 aromatic carbocycles. The average Bonchev–Trinajstić information content (AvgIpc) is 2.40. The van der Waals surface area contributed by atoms with Gasteiger partial charge in [-0.1, -0.05) is 29.3 Å². The van der Waals surface area contributed by atoms with E-state index < -0.39 is 5.91 Å². The smallest absolute Gasteiger partial charge is 0.258 e. The molecule has 0 aromatic heterocycles. The zero-order chi connectivity index (χ0) is 14.7. The Bertz CT molecular complexity index is 639. The van der Waals surface area contributed by atoms with Gasteiger partial charge in [-0.05, 0) is 24.3 Å². The van der Waals surface area contributed by atoms with Crippen LogP contribution >= 0.6 is 23.2 Å². The predicted octanol–water partition coefficient (Wildman–Crippen LogP) is 3.84. The van der Waals surface area contributed by atoms with Gasteiger partial charge >= 0.3 is 0 Å². The summed E-state index contributed by atoms with van der Waals surface area (Å²) in [6.45, 7) is 0. The molecule has 0 aliphatic heterocycles. The number of hydrogen-bond acceptors (Lipinski definition) is 3. The standard InChI is InChI=1S/C14H12Cl2N2O2/c1-20-12-7-8(17)5-6-11(12)18-14(19)13-9(15)3-2-4-10(13)16/h2-7H,17H2,1H3,(H,18,19). The van der Waals surface area contributed by atoms with Gasteiger partial charge in [0, 0.05) is 11.8 Å². The van der Waals surface area contributed by atoms with Crippen LogP contribution in [0.15, 0.2) is 36.4 Å². The molecule has 0 heterocycles. The molecule has 0 radical (unpaired) electrons. The first kappa shape index (κ1) is 14.5. The van der Waals surface area contributed by atoms with Crippen LogP contribution in [0.1, 0.15) is 10.4 Å². The van der Waals surface area contributed by atoms with Crippen molar-refractivity contribution < 1.29 is 9.53 Å². The van der Waals surface area contributed by atoms with Crippen molar-refractivity contribution in [3.63, 3.8) is 0 Å². The molecule has 104 valence electrons. The number of ether oxygens (including phenoxy) is 1. The van der Waals surface area contributed by atoms with Crippen molar-refractivity contribution in [1.29, 1.82) is 0 Å². The van der Waals surface area contributed by atoms with Crippen LogP contribution in [0, 0.1) is 0 Å². The molecule has 0 saturated heterocycles. The van der Waals surface area contributed by atoms with Gasteiger partial charge in [-0.15, -0.1) is 0 Å². The Morgan fingerprint density at radius 2 is 1.85 bits per heavy atom. The van der Waals surface area contributed by atoms with Gasteiger partial charge in [0.25, 0.3) is 5.91 Å². The highest BCUT2D eigenvalue weighted by molar-refractivity contribution is 6.40. The van der Waals surface area contributed by atoms with Crippen molar-refractivity contribution in [3.05, 3.63) is 52.0 Å². The first-order valence-corrected chi connectivity index (χ1v) is 6.47. The van der Waals surface area contributed by atoms with Crippen LogP contribution in [0.2, 0.25) is 10.0 Å². The number of methoxy groups -OCH3 is 1. The van der Waals surface area contributed by atoms with Crippen molar-refractivity contribution in [2.75, 3.05) is 18.2 Å². The van der Waals surface area contributed by atoms with Gasteiger partial charge in [0.05, 0.1) is 28.4 Å². The van der Waals surface area contributed by atoms with E-state index in [1.54, 1.807) is 36.4 Å². The Hall–Kier alpha value is -1.91. The minimum atomic E-state index is -0.413. The maximum absolute atomic E-state index is 12.2. The third-order valence-electron chi connectivity index (χ3n) is 2.66. The number of benzene rings is 2. The number of nitrogens with two attached hydrogens (primary N) is 1. The molecule has 0 fully saturated rings. The molecule has 4 nitrogen and oxygen atoms in total. The molecule has 0 aliphatic carbocycles. The van der Waals surface area contributed by atoms with Crippen LogP contribution < -0.4 is 15.8 Å². The van der Waals surface area contributed by atoms with E-state index >= 15 is 0 Å². The number of halogens is 2. The van der Waals surface area contributed by atoms with Crippen molar-refractivity contribution in [3.8, 4) is 5.75 Å². The van der Waals surface area contributed by atoms with Crippen molar-refractivity contribution in [2.24, 2.45) is 0 Å². The van der Waals surface area contributed by atoms with Gasteiger partial charge in [0.15, 0.2) is 0 Å². The van der Waals surface area contributed by atoms with Gasteiger partial charge < -0.3 is 15.8 Å². The molecular weight excluding hydrogens is 299 g/mol. The zero-order valence-electron chi connectivity index (χ0n) is 10.6. The van der Waals surface area contributed by atoms with Crippen LogP contribution in [0.5, 0.6) is 5.75 Å². The fraction of sp³-hybridized carbons (Fsp3) is 0.0714. The number of nitrogens with one attached hydrogen (secondary N) is 1. The molecule has 0 saturated carbocycles. The van der Waals surface area contributed by atoms with Crippen molar-refractivity contribution in [2.45, 2.75) is 0 Å².